The summed E-state index contributed by atoms with van der Waals surface area (Å²) in [6, 6.07) is 21.7. The molecule has 0 radical (unpaired) electrons. The number of allylic oxidation sites excluding steroid dienone is 1. The van der Waals surface area contributed by atoms with E-state index in [1.54, 1.807) is 0 Å². The molecule has 1 unspecified atom stereocenters. The predicted molar refractivity (Wildman–Crippen MR) is 96.6 cm³/mol. The van der Waals surface area contributed by atoms with E-state index in [1.807, 2.05) is 7.11 Å². The van der Waals surface area contributed by atoms with Crippen molar-refractivity contribution >= 4 is 0 Å². The minimum Gasteiger partial charge on any atom is -0.378 e. The lowest BCUT2D eigenvalue weighted by molar-refractivity contribution is -0.0178. The molecule has 0 aromatic heterocycles. The number of ether oxygens (including phenoxy) is 1. The van der Waals surface area contributed by atoms with E-state index in [0.717, 1.165) is 6.42 Å². The average Bonchev–Trinajstić information content (AvgIpc) is 2.96. The van der Waals surface area contributed by atoms with Gasteiger partial charge in [-0.2, -0.15) is 0 Å². The van der Waals surface area contributed by atoms with Crippen molar-refractivity contribution in [1.29, 1.82) is 0 Å². The number of hydrogen-bond acceptors (Lipinski definition) is 1. The van der Waals surface area contributed by atoms with Crippen LogP contribution < -0.4 is 0 Å². The largest absolute Gasteiger partial charge is 0.378 e. The molecule has 1 nitrogen and oxygen atoms in total. The van der Waals surface area contributed by atoms with Crippen LogP contribution in [0.4, 0.5) is 0 Å². The molecule has 0 amide bonds. The fraction of sp³-hybridized carbons (Fsp3) is 0.364. The molecular weight excluding hydrogens is 280 g/mol. The van der Waals surface area contributed by atoms with Gasteiger partial charge in [0, 0.05) is 18.4 Å². The quantitative estimate of drug-likeness (QED) is 0.691. The number of benzene rings is 2. The molecule has 0 bridgehead atoms. The molecule has 0 heterocycles. The highest BCUT2D eigenvalue weighted by Crippen LogP contribution is 2.50. The topological polar surface area (TPSA) is 9.23 Å². The highest BCUT2D eigenvalue weighted by molar-refractivity contribution is 5.49. The van der Waals surface area contributed by atoms with Crippen LogP contribution in [0.1, 0.15) is 38.3 Å². The molecule has 1 aliphatic rings. The first-order chi connectivity index (χ1) is 11.0. The van der Waals surface area contributed by atoms with E-state index >= 15 is 0 Å². The van der Waals surface area contributed by atoms with Crippen molar-refractivity contribution in [2.45, 2.75) is 38.2 Å². The van der Waals surface area contributed by atoms with Gasteiger partial charge >= 0.3 is 0 Å². The van der Waals surface area contributed by atoms with Gasteiger partial charge in [0.05, 0.1) is 5.60 Å². The maximum atomic E-state index is 5.82. The maximum absolute atomic E-state index is 5.82. The van der Waals surface area contributed by atoms with E-state index in [4.69, 9.17) is 4.74 Å². The molecule has 0 fully saturated rings. The summed E-state index contributed by atoms with van der Waals surface area (Å²) >= 11 is 0. The molecule has 0 aliphatic heterocycles. The molecule has 0 saturated carbocycles. The molecular formula is C22H26O. The van der Waals surface area contributed by atoms with Crippen LogP contribution in [0.15, 0.2) is 72.3 Å². The lowest BCUT2D eigenvalue weighted by Gasteiger charge is -2.35. The van der Waals surface area contributed by atoms with E-state index in [2.05, 4.69) is 87.5 Å². The van der Waals surface area contributed by atoms with Gasteiger partial charge in [0.15, 0.2) is 0 Å². The smallest absolute Gasteiger partial charge is 0.0688 e. The molecule has 120 valence electrons. The molecule has 2 aromatic carbocycles. The second-order valence-corrected chi connectivity index (χ2v) is 7.16. The van der Waals surface area contributed by atoms with Crippen LogP contribution in [-0.2, 0) is 10.2 Å². The fourth-order valence-corrected chi connectivity index (χ4v) is 4.01. The van der Waals surface area contributed by atoms with Crippen molar-refractivity contribution in [3.63, 3.8) is 0 Å². The van der Waals surface area contributed by atoms with Crippen LogP contribution in [0.3, 0.4) is 0 Å². The minimum atomic E-state index is -0.161. The summed E-state index contributed by atoms with van der Waals surface area (Å²) in [7, 11) is 1.82. The highest BCUT2D eigenvalue weighted by atomic mass is 16.5. The molecule has 0 N–H and O–H groups in total. The third-order valence-corrected chi connectivity index (χ3v) is 5.49. The van der Waals surface area contributed by atoms with Gasteiger partial charge in [0.1, 0.15) is 0 Å². The summed E-state index contributed by atoms with van der Waals surface area (Å²) in [4.78, 5) is 0. The van der Waals surface area contributed by atoms with Crippen molar-refractivity contribution in [2.75, 3.05) is 7.11 Å². The van der Waals surface area contributed by atoms with E-state index in [9.17, 15) is 0 Å². The Hall–Kier alpha value is -1.86. The van der Waals surface area contributed by atoms with E-state index in [1.165, 1.54) is 16.7 Å². The summed E-state index contributed by atoms with van der Waals surface area (Å²) < 4.78 is 5.82. The van der Waals surface area contributed by atoms with E-state index < -0.39 is 0 Å². The first-order valence-corrected chi connectivity index (χ1v) is 8.35. The van der Waals surface area contributed by atoms with Gasteiger partial charge in [-0.25, -0.2) is 0 Å². The lowest BCUT2D eigenvalue weighted by atomic mass is 9.71. The van der Waals surface area contributed by atoms with Gasteiger partial charge in [0.25, 0.3) is 0 Å². The van der Waals surface area contributed by atoms with Gasteiger partial charge in [-0.1, -0.05) is 72.3 Å². The summed E-state index contributed by atoms with van der Waals surface area (Å²) in [5.41, 5.74) is 3.92. The van der Waals surface area contributed by atoms with Crippen LogP contribution in [0.5, 0.6) is 0 Å². The molecule has 3 rings (SSSR count). The van der Waals surface area contributed by atoms with Gasteiger partial charge in [-0.3, -0.25) is 0 Å². The number of hydrogen-bond donors (Lipinski definition) is 0. The molecule has 0 saturated heterocycles. The summed E-state index contributed by atoms with van der Waals surface area (Å²) in [5.74, 6) is 0.410. The second-order valence-electron chi connectivity index (χ2n) is 7.16. The van der Waals surface area contributed by atoms with Crippen molar-refractivity contribution in [3.8, 4) is 0 Å². The van der Waals surface area contributed by atoms with Crippen LogP contribution >= 0.6 is 0 Å². The molecule has 1 atom stereocenters. The van der Waals surface area contributed by atoms with Gasteiger partial charge in [-0.05, 0) is 38.3 Å². The normalized spacial score (nSPS) is 20.3. The number of methoxy groups -OCH3 is 1. The Kier molecular flexibility index (Phi) is 4.16. The van der Waals surface area contributed by atoms with Gasteiger partial charge in [0.2, 0.25) is 0 Å². The van der Waals surface area contributed by atoms with Gasteiger partial charge in [-0.15, -0.1) is 0 Å². The molecule has 23 heavy (non-hydrogen) atoms. The predicted octanol–water partition coefficient (Wildman–Crippen LogP) is 5.36. The van der Waals surface area contributed by atoms with Crippen LogP contribution in [0, 0.1) is 5.92 Å². The Balaban J connectivity index is 2.14. The summed E-state index contributed by atoms with van der Waals surface area (Å²) in [6.07, 6.45) is 3.51. The van der Waals surface area contributed by atoms with Crippen molar-refractivity contribution in [1.82, 2.24) is 0 Å². The van der Waals surface area contributed by atoms with Crippen LogP contribution in [0.25, 0.3) is 0 Å². The van der Waals surface area contributed by atoms with E-state index in [0.29, 0.717) is 5.92 Å². The standard InChI is InChI=1S/C22H26O/c1-17-15-22(18-11-7-5-8-12-18,19-13-9-6-10-14-19)16-20(17)21(2,3)23-4/h5-15,20H,16H2,1-4H3. The third kappa shape index (κ3) is 2.74. The Labute approximate surface area is 140 Å². The zero-order valence-electron chi connectivity index (χ0n) is 14.5. The zero-order valence-corrected chi connectivity index (χ0v) is 14.5. The Bertz CT molecular complexity index is 643. The van der Waals surface area contributed by atoms with Crippen LogP contribution in [-0.4, -0.2) is 12.7 Å². The van der Waals surface area contributed by atoms with Gasteiger partial charge < -0.3 is 4.74 Å². The number of rotatable bonds is 4. The zero-order chi connectivity index (χ0) is 16.5. The first-order valence-electron chi connectivity index (χ1n) is 8.35. The Morgan fingerprint density at radius 1 is 0.913 bits per heavy atom. The maximum Gasteiger partial charge on any atom is 0.0688 e. The molecule has 1 heteroatoms. The van der Waals surface area contributed by atoms with Crippen molar-refractivity contribution in [3.05, 3.63) is 83.4 Å². The Morgan fingerprint density at radius 3 is 1.83 bits per heavy atom. The van der Waals surface area contributed by atoms with Crippen LogP contribution in [0.2, 0.25) is 0 Å². The average molecular weight is 306 g/mol. The molecule has 0 spiro atoms. The SMILES string of the molecule is COC(C)(C)C1CC(c2ccccc2)(c2ccccc2)C=C1C. The fourth-order valence-electron chi connectivity index (χ4n) is 4.01. The monoisotopic (exact) mass is 306 g/mol. The minimum absolute atomic E-state index is 0.0624. The van der Waals surface area contributed by atoms with E-state index in [-0.39, 0.29) is 11.0 Å². The second kappa shape index (κ2) is 5.98. The lowest BCUT2D eigenvalue weighted by Crippen LogP contribution is -2.35. The molecule has 2 aromatic rings. The summed E-state index contributed by atoms with van der Waals surface area (Å²) in [5, 5.41) is 0. The summed E-state index contributed by atoms with van der Waals surface area (Å²) in [6.45, 7) is 6.64. The highest BCUT2D eigenvalue weighted by Gasteiger charge is 2.45. The van der Waals surface area contributed by atoms with Crippen molar-refractivity contribution < 1.29 is 4.74 Å². The third-order valence-electron chi connectivity index (χ3n) is 5.49. The van der Waals surface area contributed by atoms with Crippen molar-refractivity contribution in [2.24, 2.45) is 5.92 Å². The molecule has 1 aliphatic carbocycles. The Morgan fingerprint density at radius 2 is 1.39 bits per heavy atom. The first kappa shape index (κ1) is 16.0.